The van der Waals surface area contributed by atoms with E-state index < -0.39 is 0 Å². The molecule has 3 rings (SSSR count). The molecule has 1 saturated heterocycles. The molecule has 0 unspecified atom stereocenters. The van der Waals surface area contributed by atoms with E-state index in [2.05, 4.69) is 24.6 Å². The van der Waals surface area contributed by atoms with Gasteiger partial charge in [-0.1, -0.05) is 11.3 Å². The summed E-state index contributed by atoms with van der Waals surface area (Å²) in [6, 6.07) is 0. The molecule has 1 amide bonds. The third kappa shape index (κ3) is 3.67. The summed E-state index contributed by atoms with van der Waals surface area (Å²) in [5.41, 5.74) is 6.43. The molecule has 8 nitrogen and oxygen atoms in total. The van der Waals surface area contributed by atoms with Gasteiger partial charge in [0.25, 0.3) is 5.91 Å². The van der Waals surface area contributed by atoms with Gasteiger partial charge in [0.1, 0.15) is 16.5 Å². The number of thiazole rings is 1. The highest BCUT2D eigenvalue weighted by molar-refractivity contribution is 7.17. The minimum atomic E-state index is 0.0383. The number of likely N-dealkylation sites (tertiary alicyclic amines) is 1. The van der Waals surface area contributed by atoms with Crippen LogP contribution in [0.15, 0.2) is 0 Å². The van der Waals surface area contributed by atoms with E-state index in [0.717, 1.165) is 49.8 Å². The Bertz CT molecular complexity index is 759. The van der Waals surface area contributed by atoms with Crippen LogP contribution in [0, 0.1) is 6.92 Å². The van der Waals surface area contributed by atoms with E-state index in [9.17, 15) is 4.79 Å². The van der Waals surface area contributed by atoms with Gasteiger partial charge in [-0.25, -0.2) is 4.98 Å². The monoisotopic (exact) mass is 363 g/mol. The second kappa shape index (κ2) is 7.09. The van der Waals surface area contributed by atoms with Crippen molar-refractivity contribution in [1.29, 1.82) is 0 Å². The number of carbonyl (C=O) groups excluding carboxylic acids is 1. The Labute approximate surface area is 151 Å². The van der Waals surface area contributed by atoms with Crippen LogP contribution >= 0.6 is 11.3 Å². The van der Waals surface area contributed by atoms with Gasteiger partial charge in [0, 0.05) is 26.1 Å². The lowest BCUT2D eigenvalue weighted by Gasteiger charge is -2.31. The SMILES string of the molecule is Cc1nc(N)sc1C(=O)N1CCC(c2nnc(CN(C)C)n2C)CC1. The Balaban J connectivity index is 1.65. The van der Waals surface area contributed by atoms with Crippen molar-refractivity contribution < 1.29 is 4.79 Å². The van der Waals surface area contributed by atoms with Gasteiger partial charge in [-0.15, -0.1) is 10.2 Å². The predicted molar refractivity (Wildman–Crippen MR) is 97.5 cm³/mol. The van der Waals surface area contributed by atoms with Gasteiger partial charge in [-0.3, -0.25) is 4.79 Å². The topological polar surface area (TPSA) is 93.2 Å². The number of carbonyl (C=O) groups is 1. The van der Waals surface area contributed by atoms with Crippen LogP contribution in [0.2, 0.25) is 0 Å². The fourth-order valence-corrected chi connectivity index (χ4v) is 4.05. The summed E-state index contributed by atoms with van der Waals surface area (Å²) in [4.78, 5) is 21.5. The van der Waals surface area contributed by atoms with Crippen LogP contribution in [0.4, 0.5) is 5.13 Å². The van der Waals surface area contributed by atoms with Crippen LogP contribution in [0.25, 0.3) is 0 Å². The van der Waals surface area contributed by atoms with Gasteiger partial charge >= 0.3 is 0 Å². The summed E-state index contributed by atoms with van der Waals surface area (Å²) in [5.74, 6) is 2.36. The third-order valence-electron chi connectivity index (χ3n) is 4.61. The van der Waals surface area contributed by atoms with E-state index in [-0.39, 0.29) is 5.91 Å². The molecule has 1 fully saturated rings. The number of hydrogen-bond donors (Lipinski definition) is 1. The van der Waals surface area contributed by atoms with E-state index >= 15 is 0 Å². The molecule has 0 bridgehead atoms. The first-order valence-corrected chi connectivity index (χ1v) is 9.23. The Hall–Kier alpha value is -2.00. The molecule has 0 spiro atoms. The highest BCUT2D eigenvalue weighted by atomic mass is 32.1. The zero-order valence-electron chi connectivity index (χ0n) is 15.2. The minimum absolute atomic E-state index is 0.0383. The van der Waals surface area contributed by atoms with Crippen LogP contribution in [-0.2, 0) is 13.6 Å². The number of amides is 1. The number of piperidine rings is 1. The Morgan fingerprint density at radius 3 is 2.56 bits per heavy atom. The number of nitrogen functional groups attached to an aromatic ring is 1. The zero-order chi connectivity index (χ0) is 18.1. The van der Waals surface area contributed by atoms with E-state index in [1.165, 1.54) is 11.3 Å². The second-order valence-electron chi connectivity index (χ2n) is 6.80. The lowest BCUT2D eigenvalue weighted by molar-refractivity contribution is 0.0714. The molecule has 1 aliphatic rings. The Morgan fingerprint density at radius 2 is 2.00 bits per heavy atom. The first-order chi connectivity index (χ1) is 11.9. The van der Waals surface area contributed by atoms with Gasteiger partial charge < -0.3 is 20.1 Å². The summed E-state index contributed by atoms with van der Waals surface area (Å²) in [6.45, 7) is 4.04. The van der Waals surface area contributed by atoms with Gasteiger partial charge in [0.05, 0.1) is 12.2 Å². The van der Waals surface area contributed by atoms with E-state index in [1.54, 1.807) is 0 Å². The lowest BCUT2D eigenvalue weighted by Crippen LogP contribution is -2.38. The summed E-state index contributed by atoms with van der Waals surface area (Å²) in [5, 5.41) is 9.16. The van der Waals surface area contributed by atoms with E-state index in [4.69, 9.17) is 5.73 Å². The average molecular weight is 363 g/mol. The number of aromatic nitrogens is 4. The van der Waals surface area contributed by atoms with Crippen molar-refractivity contribution in [2.24, 2.45) is 7.05 Å². The normalized spacial score (nSPS) is 16.0. The molecule has 0 aliphatic carbocycles. The van der Waals surface area contributed by atoms with Gasteiger partial charge in [0.2, 0.25) is 0 Å². The highest BCUT2D eigenvalue weighted by Crippen LogP contribution is 2.29. The van der Waals surface area contributed by atoms with Crippen LogP contribution < -0.4 is 5.73 Å². The molecular weight excluding hydrogens is 338 g/mol. The first kappa shape index (κ1) is 17.8. The van der Waals surface area contributed by atoms with E-state index in [1.807, 2.05) is 33.0 Å². The number of rotatable bonds is 4. The molecule has 3 heterocycles. The Kier molecular flexibility index (Phi) is 5.05. The molecule has 9 heteroatoms. The van der Waals surface area contributed by atoms with E-state index in [0.29, 0.717) is 15.9 Å². The van der Waals surface area contributed by atoms with Crippen molar-refractivity contribution in [3.63, 3.8) is 0 Å². The minimum Gasteiger partial charge on any atom is -0.375 e. The first-order valence-electron chi connectivity index (χ1n) is 8.42. The maximum absolute atomic E-state index is 12.7. The van der Waals surface area contributed by atoms with Crippen molar-refractivity contribution in [2.45, 2.75) is 32.2 Å². The fraction of sp³-hybridized carbons (Fsp3) is 0.625. The smallest absolute Gasteiger partial charge is 0.265 e. The quantitative estimate of drug-likeness (QED) is 0.879. The summed E-state index contributed by atoms with van der Waals surface area (Å²) >= 11 is 1.27. The average Bonchev–Trinajstić information content (AvgIpc) is 3.09. The molecule has 2 aromatic heterocycles. The molecule has 2 aromatic rings. The maximum Gasteiger partial charge on any atom is 0.265 e. The number of aryl methyl sites for hydroxylation is 1. The predicted octanol–water partition coefficient (Wildman–Crippen LogP) is 1.24. The molecule has 0 atom stereocenters. The number of nitrogens with two attached hydrogens (primary N) is 1. The number of nitrogens with zero attached hydrogens (tertiary/aromatic N) is 6. The van der Waals surface area contributed by atoms with Crippen LogP contribution in [0.1, 0.15) is 45.8 Å². The molecule has 25 heavy (non-hydrogen) atoms. The van der Waals surface area contributed by atoms with Crippen LogP contribution in [-0.4, -0.2) is 62.6 Å². The Morgan fingerprint density at radius 1 is 1.32 bits per heavy atom. The van der Waals surface area contributed by atoms with Crippen molar-refractivity contribution in [3.05, 3.63) is 22.2 Å². The largest absolute Gasteiger partial charge is 0.375 e. The van der Waals surface area contributed by atoms with Crippen LogP contribution in [0.3, 0.4) is 0 Å². The van der Waals surface area contributed by atoms with Gasteiger partial charge in [-0.05, 0) is 33.9 Å². The summed E-state index contributed by atoms with van der Waals surface area (Å²) < 4.78 is 2.09. The molecule has 2 N–H and O–H groups in total. The van der Waals surface area contributed by atoms with Crippen molar-refractivity contribution in [2.75, 3.05) is 32.9 Å². The van der Waals surface area contributed by atoms with Crippen molar-refractivity contribution in [3.8, 4) is 0 Å². The van der Waals surface area contributed by atoms with Crippen LogP contribution in [0.5, 0.6) is 0 Å². The molecule has 1 aliphatic heterocycles. The van der Waals surface area contributed by atoms with Crippen molar-refractivity contribution in [1.82, 2.24) is 29.5 Å². The number of anilines is 1. The lowest BCUT2D eigenvalue weighted by atomic mass is 9.95. The fourth-order valence-electron chi connectivity index (χ4n) is 3.25. The molecule has 0 saturated carbocycles. The summed E-state index contributed by atoms with van der Waals surface area (Å²) in [7, 11) is 6.06. The molecular formula is C16H25N7OS. The van der Waals surface area contributed by atoms with Crippen molar-refractivity contribution >= 4 is 22.4 Å². The molecule has 136 valence electrons. The van der Waals surface area contributed by atoms with Gasteiger partial charge in [0.15, 0.2) is 5.13 Å². The zero-order valence-corrected chi connectivity index (χ0v) is 16.0. The second-order valence-corrected chi connectivity index (χ2v) is 7.83. The summed E-state index contributed by atoms with van der Waals surface area (Å²) in [6.07, 6.45) is 1.79. The van der Waals surface area contributed by atoms with Gasteiger partial charge in [-0.2, -0.15) is 0 Å². The number of hydrogen-bond acceptors (Lipinski definition) is 7. The highest BCUT2D eigenvalue weighted by Gasteiger charge is 2.29. The maximum atomic E-state index is 12.7. The molecule has 0 radical (unpaired) electrons. The third-order valence-corrected chi connectivity index (χ3v) is 5.59. The standard InChI is InChI=1S/C16H25N7OS/c1-10-13(25-16(17)18-10)15(24)23-7-5-11(6-8-23)14-20-19-12(22(14)4)9-21(2)3/h11H,5-9H2,1-4H3,(H2,17,18). The molecule has 0 aromatic carbocycles.